The van der Waals surface area contributed by atoms with Crippen LogP contribution in [0.4, 0.5) is 11.9 Å². The smallest absolute Gasteiger partial charge is 0.257 e. The molecule has 2 unspecified atom stereocenters. The van der Waals surface area contributed by atoms with Gasteiger partial charge in [-0.05, 0) is 26.3 Å². The van der Waals surface area contributed by atoms with E-state index in [1.807, 2.05) is 6.92 Å². The number of nitrogens with zero attached hydrogens (tertiary/aromatic N) is 5. The molecule has 0 saturated carbocycles. The highest BCUT2D eigenvalue weighted by Gasteiger charge is 2.37. The normalized spacial score (nSPS) is 25.0. The van der Waals surface area contributed by atoms with Crippen molar-refractivity contribution in [3.63, 3.8) is 0 Å². The van der Waals surface area contributed by atoms with E-state index in [0.717, 1.165) is 6.42 Å². The number of rotatable bonds is 4. The minimum absolute atomic E-state index is 0.0664. The van der Waals surface area contributed by atoms with E-state index in [1.54, 1.807) is 23.1 Å². The van der Waals surface area contributed by atoms with Gasteiger partial charge in [-0.15, -0.1) is 0 Å². The molecule has 0 aromatic carbocycles. The van der Waals surface area contributed by atoms with Crippen molar-refractivity contribution in [2.45, 2.75) is 31.9 Å². The summed E-state index contributed by atoms with van der Waals surface area (Å²) in [4.78, 5) is 12.8. The summed E-state index contributed by atoms with van der Waals surface area (Å²) in [5.41, 5.74) is 2.22. The maximum absolute atomic E-state index is 5.61. The lowest BCUT2D eigenvalue weighted by atomic mass is 9.95. The first kappa shape index (κ1) is 13.7. The topological polar surface area (TPSA) is 116 Å². The van der Waals surface area contributed by atoms with Gasteiger partial charge in [0.25, 0.3) is 5.95 Å². The summed E-state index contributed by atoms with van der Waals surface area (Å²) in [6.45, 7) is 4.82. The summed E-state index contributed by atoms with van der Waals surface area (Å²) in [6.07, 6.45) is 4.35. The molecule has 2 aromatic rings. The molecule has 0 aliphatic carbocycles. The van der Waals surface area contributed by atoms with Gasteiger partial charge in [-0.25, -0.2) is 10.5 Å². The van der Waals surface area contributed by atoms with Gasteiger partial charge >= 0.3 is 0 Å². The van der Waals surface area contributed by atoms with Crippen LogP contribution in [0, 0.1) is 0 Å². The van der Waals surface area contributed by atoms with Crippen molar-refractivity contribution < 1.29 is 4.74 Å². The average Bonchev–Trinajstić information content (AvgIpc) is 3.10. The maximum atomic E-state index is 5.61. The average molecular weight is 290 g/mol. The standard InChI is InChI=1S/C12H18N8O/c1-8-12(2,4-7-21-8)18-9-15-10(19-13)17-11(16-9)20-6-3-5-14-20/h3,5-6,8H,4,7,13H2,1-2H3,(H2,15,16,17,18,19). The molecule has 1 aliphatic heterocycles. The Labute approximate surface area is 121 Å². The lowest BCUT2D eigenvalue weighted by molar-refractivity contribution is 0.105. The number of nitrogens with one attached hydrogen (secondary N) is 2. The first-order valence-electron chi connectivity index (χ1n) is 6.73. The summed E-state index contributed by atoms with van der Waals surface area (Å²) >= 11 is 0. The molecule has 112 valence electrons. The van der Waals surface area contributed by atoms with Crippen molar-refractivity contribution >= 4 is 11.9 Å². The lowest BCUT2D eigenvalue weighted by Crippen LogP contribution is -2.42. The van der Waals surface area contributed by atoms with Gasteiger partial charge in [0.2, 0.25) is 11.9 Å². The molecule has 0 spiro atoms. The third-order valence-electron chi connectivity index (χ3n) is 3.75. The maximum Gasteiger partial charge on any atom is 0.257 e. The summed E-state index contributed by atoms with van der Waals surface area (Å²) in [7, 11) is 0. The van der Waals surface area contributed by atoms with Gasteiger partial charge in [0.05, 0.1) is 11.6 Å². The Hall–Kier alpha value is -2.26. The van der Waals surface area contributed by atoms with Crippen LogP contribution < -0.4 is 16.6 Å². The van der Waals surface area contributed by atoms with Gasteiger partial charge in [0.15, 0.2) is 0 Å². The molecule has 0 amide bonds. The zero-order valence-electron chi connectivity index (χ0n) is 11.9. The number of nitrogens with two attached hydrogens (primary N) is 1. The van der Waals surface area contributed by atoms with Crippen molar-refractivity contribution in [1.29, 1.82) is 0 Å². The van der Waals surface area contributed by atoms with Crippen LogP contribution in [0.25, 0.3) is 5.95 Å². The van der Waals surface area contributed by atoms with Crippen molar-refractivity contribution in [2.24, 2.45) is 5.84 Å². The highest BCUT2D eigenvalue weighted by molar-refractivity contribution is 5.39. The lowest BCUT2D eigenvalue weighted by Gasteiger charge is -2.28. The molecule has 1 fully saturated rings. The van der Waals surface area contributed by atoms with E-state index in [2.05, 4.69) is 37.7 Å². The predicted octanol–water partition coefficient (Wildman–Crippen LogP) is 0.322. The molecular formula is C12H18N8O. The largest absolute Gasteiger partial charge is 0.376 e. The summed E-state index contributed by atoms with van der Waals surface area (Å²) in [5, 5.41) is 7.43. The molecule has 2 aromatic heterocycles. The molecule has 9 nitrogen and oxygen atoms in total. The summed E-state index contributed by atoms with van der Waals surface area (Å²) in [6, 6.07) is 1.79. The Kier molecular flexibility index (Phi) is 3.43. The third-order valence-corrected chi connectivity index (χ3v) is 3.75. The fourth-order valence-electron chi connectivity index (χ4n) is 2.23. The van der Waals surface area contributed by atoms with E-state index in [1.165, 1.54) is 0 Å². The van der Waals surface area contributed by atoms with Crippen LogP contribution in [-0.4, -0.2) is 43.0 Å². The van der Waals surface area contributed by atoms with E-state index in [4.69, 9.17) is 10.6 Å². The first-order valence-corrected chi connectivity index (χ1v) is 6.73. The molecule has 9 heteroatoms. The van der Waals surface area contributed by atoms with Crippen molar-refractivity contribution in [1.82, 2.24) is 24.7 Å². The predicted molar refractivity (Wildman–Crippen MR) is 76.8 cm³/mol. The number of aromatic nitrogens is 5. The molecule has 21 heavy (non-hydrogen) atoms. The van der Waals surface area contributed by atoms with Gasteiger partial charge in [0.1, 0.15) is 0 Å². The second kappa shape index (κ2) is 5.26. The molecule has 1 aliphatic rings. The van der Waals surface area contributed by atoms with Crippen LogP contribution in [0.5, 0.6) is 0 Å². The Balaban J connectivity index is 1.93. The van der Waals surface area contributed by atoms with Crippen LogP contribution in [0.15, 0.2) is 18.5 Å². The SMILES string of the molecule is CC1OCCC1(C)Nc1nc(NN)nc(-n2cccn2)n1. The molecule has 0 bridgehead atoms. The van der Waals surface area contributed by atoms with Crippen LogP contribution in [0.1, 0.15) is 20.3 Å². The second-order valence-electron chi connectivity index (χ2n) is 5.18. The van der Waals surface area contributed by atoms with Gasteiger partial charge in [-0.2, -0.15) is 20.1 Å². The van der Waals surface area contributed by atoms with Crippen molar-refractivity contribution in [2.75, 3.05) is 17.3 Å². The summed E-state index contributed by atoms with van der Waals surface area (Å²) < 4.78 is 7.15. The van der Waals surface area contributed by atoms with E-state index in [9.17, 15) is 0 Å². The van der Waals surface area contributed by atoms with Crippen molar-refractivity contribution in [3.8, 4) is 5.95 Å². The number of hydrogen-bond acceptors (Lipinski definition) is 8. The molecule has 1 saturated heterocycles. The third kappa shape index (κ3) is 2.65. The Morgan fingerprint density at radius 3 is 2.81 bits per heavy atom. The Bertz CT molecular complexity index is 616. The minimum atomic E-state index is -0.228. The highest BCUT2D eigenvalue weighted by Crippen LogP contribution is 2.28. The van der Waals surface area contributed by atoms with Gasteiger partial charge in [0, 0.05) is 19.0 Å². The van der Waals surface area contributed by atoms with Crippen molar-refractivity contribution in [3.05, 3.63) is 18.5 Å². The molecule has 4 N–H and O–H groups in total. The van der Waals surface area contributed by atoms with Gasteiger partial charge < -0.3 is 10.1 Å². The molecule has 3 rings (SSSR count). The van der Waals surface area contributed by atoms with Crippen LogP contribution in [0.2, 0.25) is 0 Å². The van der Waals surface area contributed by atoms with E-state index < -0.39 is 0 Å². The fraction of sp³-hybridized carbons (Fsp3) is 0.500. The Morgan fingerprint density at radius 1 is 1.38 bits per heavy atom. The molecule has 2 atom stereocenters. The zero-order chi connectivity index (χ0) is 14.9. The van der Waals surface area contributed by atoms with E-state index in [0.29, 0.717) is 18.5 Å². The van der Waals surface area contributed by atoms with Gasteiger partial charge in [-0.3, -0.25) is 5.43 Å². The first-order chi connectivity index (χ1) is 10.1. The van der Waals surface area contributed by atoms with E-state index >= 15 is 0 Å². The monoisotopic (exact) mass is 290 g/mol. The second-order valence-corrected chi connectivity index (χ2v) is 5.18. The van der Waals surface area contributed by atoms with Crippen LogP contribution >= 0.6 is 0 Å². The number of ether oxygens (including phenoxy) is 1. The molecule has 0 radical (unpaired) electrons. The number of anilines is 2. The summed E-state index contributed by atoms with van der Waals surface area (Å²) in [5.74, 6) is 6.52. The minimum Gasteiger partial charge on any atom is -0.376 e. The number of nitrogen functional groups attached to an aromatic ring is 1. The van der Waals surface area contributed by atoms with Crippen LogP contribution in [0.3, 0.4) is 0 Å². The Morgan fingerprint density at radius 2 is 2.19 bits per heavy atom. The quantitative estimate of drug-likeness (QED) is 0.544. The fourth-order valence-corrected chi connectivity index (χ4v) is 2.23. The molecule has 3 heterocycles. The van der Waals surface area contributed by atoms with E-state index in [-0.39, 0.29) is 17.6 Å². The van der Waals surface area contributed by atoms with Gasteiger partial charge in [-0.1, -0.05) is 0 Å². The zero-order valence-corrected chi connectivity index (χ0v) is 11.9. The highest BCUT2D eigenvalue weighted by atomic mass is 16.5. The molecular weight excluding hydrogens is 272 g/mol. The number of hydrogen-bond donors (Lipinski definition) is 3. The number of hydrazine groups is 1. The van der Waals surface area contributed by atoms with Crippen LogP contribution in [-0.2, 0) is 4.74 Å².